The van der Waals surface area contributed by atoms with Gasteiger partial charge in [0.15, 0.2) is 0 Å². The van der Waals surface area contributed by atoms with E-state index in [0.29, 0.717) is 13.0 Å². The lowest BCUT2D eigenvalue weighted by atomic mass is 10.0. The Kier molecular flexibility index (Phi) is 5.56. The summed E-state index contributed by atoms with van der Waals surface area (Å²) in [5.41, 5.74) is 7.28. The molecular weight excluding hydrogens is 252 g/mol. The molecule has 2 N–H and O–H groups in total. The summed E-state index contributed by atoms with van der Waals surface area (Å²) in [6.07, 6.45) is 3.72. The number of carbonyl (C=O) groups excluding carboxylic acids is 1. The summed E-state index contributed by atoms with van der Waals surface area (Å²) in [6, 6.07) is 9.74. The van der Waals surface area contributed by atoms with Crippen LogP contribution in [-0.4, -0.2) is 43.2 Å². The van der Waals surface area contributed by atoms with Crippen LogP contribution in [0.5, 0.6) is 0 Å². The summed E-state index contributed by atoms with van der Waals surface area (Å²) < 4.78 is 5.35. The number of piperidine rings is 1. The number of nitrogens with two attached hydrogens (primary N) is 1. The van der Waals surface area contributed by atoms with Crippen LogP contribution in [0.1, 0.15) is 24.8 Å². The zero-order chi connectivity index (χ0) is 14.4. The Morgan fingerprint density at radius 3 is 2.90 bits per heavy atom. The van der Waals surface area contributed by atoms with E-state index >= 15 is 0 Å². The number of aryl methyl sites for hydroxylation is 1. The fraction of sp³-hybridized carbons (Fsp3) is 0.562. The highest BCUT2D eigenvalue weighted by atomic mass is 16.5. The van der Waals surface area contributed by atoms with Gasteiger partial charge < -0.3 is 15.4 Å². The summed E-state index contributed by atoms with van der Waals surface area (Å²) in [5.74, 6) is 0.0580. The number of methoxy groups -OCH3 is 1. The molecule has 0 aromatic heterocycles. The van der Waals surface area contributed by atoms with Gasteiger partial charge in [-0.1, -0.05) is 30.3 Å². The second-order valence-electron chi connectivity index (χ2n) is 5.41. The van der Waals surface area contributed by atoms with Gasteiger partial charge >= 0.3 is 0 Å². The van der Waals surface area contributed by atoms with E-state index in [1.165, 1.54) is 5.56 Å². The Morgan fingerprint density at radius 1 is 1.45 bits per heavy atom. The van der Waals surface area contributed by atoms with Gasteiger partial charge in [-0.2, -0.15) is 0 Å². The molecule has 2 rings (SSSR count). The van der Waals surface area contributed by atoms with Crippen LogP contribution in [-0.2, 0) is 16.0 Å². The predicted molar refractivity (Wildman–Crippen MR) is 79.3 cm³/mol. The monoisotopic (exact) mass is 276 g/mol. The molecule has 0 spiro atoms. The topological polar surface area (TPSA) is 55.6 Å². The maximum Gasteiger partial charge on any atom is 0.239 e. The van der Waals surface area contributed by atoms with Crippen LogP contribution in [0.3, 0.4) is 0 Å². The molecular formula is C16H24N2O2. The van der Waals surface area contributed by atoms with Gasteiger partial charge in [-0.05, 0) is 31.2 Å². The molecule has 1 saturated heterocycles. The van der Waals surface area contributed by atoms with Crippen LogP contribution >= 0.6 is 0 Å². The van der Waals surface area contributed by atoms with Crippen LogP contribution in [0.2, 0.25) is 0 Å². The highest BCUT2D eigenvalue weighted by Gasteiger charge is 2.26. The molecule has 0 radical (unpaired) electrons. The first-order chi connectivity index (χ1) is 9.70. The first kappa shape index (κ1) is 15.0. The summed E-state index contributed by atoms with van der Waals surface area (Å²) in [6.45, 7) is 1.48. The third kappa shape index (κ3) is 4.05. The maximum absolute atomic E-state index is 12.3. The van der Waals surface area contributed by atoms with Crippen molar-refractivity contribution in [3.63, 3.8) is 0 Å². The number of amides is 1. The number of ether oxygens (including phenoxy) is 1. The molecule has 110 valence electrons. The van der Waals surface area contributed by atoms with E-state index in [2.05, 4.69) is 12.1 Å². The predicted octanol–water partition coefficient (Wildman–Crippen LogP) is 1.58. The smallest absolute Gasteiger partial charge is 0.239 e. The Labute approximate surface area is 120 Å². The minimum Gasteiger partial charge on any atom is -0.380 e. The maximum atomic E-state index is 12.3. The van der Waals surface area contributed by atoms with Gasteiger partial charge in [0.1, 0.15) is 0 Å². The highest BCUT2D eigenvalue weighted by Crippen LogP contribution is 2.14. The summed E-state index contributed by atoms with van der Waals surface area (Å²) in [5, 5.41) is 0. The highest BCUT2D eigenvalue weighted by molar-refractivity contribution is 5.81. The lowest BCUT2D eigenvalue weighted by Gasteiger charge is -2.33. The Hall–Kier alpha value is -1.39. The van der Waals surface area contributed by atoms with Crippen molar-refractivity contribution in [2.24, 2.45) is 5.73 Å². The zero-order valence-corrected chi connectivity index (χ0v) is 12.1. The fourth-order valence-electron chi connectivity index (χ4n) is 2.66. The quantitative estimate of drug-likeness (QED) is 0.888. The van der Waals surface area contributed by atoms with E-state index in [9.17, 15) is 4.79 Å². The van der Waals surface area contributed by atoms with E-state index in [0.717, 1.165) is 25.8 Å². The zero-order valence-electron chi connectivity index (χ0n) is 12.1. The van der Waals surface area contributed by atoms with Crippen LogP contribution in [0.15, 0.2) is 30.3 Å². The minimum absolute atomic E-state index is 0.0580. The third-order valence-electron chi connectivity index (χ3n) is 3.93. The van der Waals surface area contributed by atoms with Gasteiger partial charge in [-0.3, -0.25) is 4.79 Å². The van der Waals surface area contributed by atoms with Gasteiger partial charge in [0.05, 0.1) is 12.1 Å². The van der Waals surface area contributed by atoms with Crippen molar-refractivity contribution in [3.05, 3.63) is 35.9 Å². The number of hydrogen-bond donors (Lipinski definition) is 1. The number of likely N-dealkylation sites (tertiary alicyclic amines) is 1. The van der Waals surface area contributed by atoms with Crippen molar-refractivity contribution < 1.29 is 9.53 Å². The molecule has 1 amide bonds. The van der Waals surface area contributed by atoms with Crippen molar-refractivity contribution in [1.82, 2.24) is 4.90 Å². The second kappa shape index (κ2) is 7.41. The lowest BCUT2D eigenvalue weighted by molar-refractivity contribution is -0.136. The lowest BCUT2D eigenvalue weighted by Crippen LogP contribution is -2.49. The van der Waals surface area contributed by atoms with E-state index in [-0.39, 0.29) is 12.0 Å². The fourth-order valence-corrected chi connectivity index (χ4v) is 2.66. The van der Waals surface area contributed by atoms with Crippen LogP contribution < -0.4 is 5.73 Å². The van der Waals surface area contributed by atoms with Crippen LogP contribution in [0, 0.1) is 0 Å². The van der Waals surface area contributed by atoms with Crippen molar-refractivity contribution in [1.29, 1.82) is 0 Å². The molecule has 1 aliphatic rings. The molecule has 0 aliphatic carbocycles. The molecule has 1 aliphatic heterocycles. The second-order valence-corrected chi connectivity index (χ2v) is 5.41. The average Bonchev–Trinajstić information content (AvgIpc) is 2.53. The molecule has 2 atom stereocenters. The van der Waals surface area contributed by atoms with Gasteiger partial charge in [-0.25, -0.2) is 0 Å². The summed E-state index contributed by atoms with van der Waals surface area (Å²) in [4.78, 5) is 14.2. The standard InChI is InChI=1S/C16H24N2O2/c1-20-14-8-5-11-18(12-14)16(19)15(17)10-9-13-6-3-2-4-7-13/h2-4,6-7,14-15H,5,8-12,17H2,1H3. The first-order valence-corrected chi connectivity index (χ1v) is 7.32. The largest absolute Gasteiger partial charge is 0.380 e. The number of hydrogen-bond acceptors (Lipinski definition) is 3. The Bertz CT molecular complexity index is 422. The number of nitrogens with zero attached hydrogens (tertiary/aromatic N) is 1. The van der Waals surface area contributed by atoms with Gasteiger partial charge in [-0.15, -0.1) is 0 Å². The Balaban J connectivity index is 1.82. The molecule has 0 saturated carbocycles. The molecule has 1 heterocycles. The van der Waals surface area contributed by atoms with E-state index < -0.39 is 6.04 Å². The van der Waals surface area contributed by atoms with Gasteiger partial charge in [0, 0.05) is 20.2 Å². The first-order valence-electron chi connectivity index (χ1n) is 7.32. The molecule has 4 heteroatoms. The summed E-state index contributed by atoms with van der Waals surface area (Å²) >= 11 is 0. The van der Waals surface area contributed by atoms with Gasteiger partial charge in [0.25, 0.3) is 0 Å². The van der Waals surface area contributed by atoms with Crippen molar-refractivity contribution in [2.45, 2.75) is 37.8 Å². The third-order valence-corrected chi connectivity index (χ3v) is 3.93. The molecule has 1 fully saturated rings. The van der Waals surface area contributed by atoms with Crippen molar-refractivity contribution in [2.75, 3.05) is 20.2 Å². The molecule has 2 unspecified atom stereocenters. The van der Waals surface area contributed by atoms with E-state index in [1.807, 2.05) is 23.1 Å². The Morgan fingerprint density at radius 2 is 2.20 bits per heavy atom. The number of rotatable bonds is 5. The number of carbonyl (C=O) groups is 1. The van der Waals surface area contributed by atoms with Crippen molar-refractivity contribution in [3.8, 4) is 0 Å². The molecule has 1 aromatic rings. The van der Waals surface area contributed by atoms with Crippen LogP contribution in [0.25, 0.3) is 0 Å². The number of benzene rings is 1. The van der Waals surface area contributed by atoms with Crippen LogP contribution in [0.4, 0.5) is 0 Å². The van der Waals surface area contributed by atoms with E-state index in [4.69, 9.17) is 10.5 Å². The molecule has 20 heavy (non-hydrogen) atoms. The van der Waals surface area contributed by atoms with E-state index in [1.54, 1.807) is 7.11 Å². The van der Waals surface area contributed by atoms with Gasteiger partial charge in [0.2, 0.25) is 5.91 Å². The average molecular weight is 276 g/mol. The SMILES string of the molecule is COC1CCCN(C(=O)C(N)CCc2ccccc2)C1. The molecule has 4 nitrogen and oxygen atoms in total. The molecule has 0 bridgehead atoms. The summed E-state index contributed by atoms with van der Waals surface area (Å²) in [7, 11) is 1.70. The minimum atomic E-state index is -0.411. The van der Waals surface area contributed by atoms with Crippen molar-refractivity contribution >= 4 is 5.91 Å². The molecule has 1 aromatic carbocycles. The normalized spacial score (nSPS) is 20.7.